The van der Waals surface area contributed by atoms with E-state index in [1.54, 1.807) is 29.2 Å². The van der Waals surface area contributed by atoms with Crippen LogP contribution in [0.15, 0.2) is 24.3 Å². The Labute approximate surface area is 149 Å². The van der Waals surface area contributed by atoms with Gasteiger partial charge in [-0.1, -0.05) is 13.0 Å². The molecule has 0 radical (unpaired) electrons. The zero-order valence-electron chi connectivity index (χ0n) is 15.0. The maximum absolute atomic E-state index is 12.8. The number of benzene rings is 1. The van der Waals surface area contributed by atoms with Crippen LogP contribution >= 0.6 is 0 Å². The normalized spacial score (nSPS) is 20.0. The molecule has 2 amide bonds. The van der Waals surface area contributed by atoms with Crippen LogP contribution in [0.1, 0.15) is 54.3 Å². The molecular formula is C18H26N2O4S. The highest BCUT2D eigenvalue weighted by Crippen LogP contribution is 2.20. The zero-order chi connectivity index (χ0) is 18.6. The molecule has 0 spiro atoms. The molecular weight excluding hydrogens is 340 g/mol. The van der Waals surface area contributed by atoms with Crippen LogP contribution in [0.5, 0.6) is 0 Å². The minimum absolute atomic E-state index is 0.0147. The highest BCUT2D eigenvalue weighted by atomic mass is 32.2. The zero-order valence-corrected chi connectivity index (χ0v) is 15.8. The molecule has 2 unspecified atom stereocenters. The maximum Gasteiger partial charge on any atom is 0.254 e. The van der Waals surface area contributed by atoms with Crippen LogP contribution in [0.4, 0.5) is 0 Å². The Balaban J connectivity index is 2.18. The lowest BCUT2D eigenvalue weighted by atomic mass is 10.1. The molecule has 6 nitrogen and oxygen atoms in total. The Bertz CT molecular complexity index is 745. The molecule has 7 heteroatoms. The SMILES string of the molecule is CCC(C)NC(=O)c1cccc(C(=O)N(CC)C2CCS(=O)(=O)C2)c1. The first-order valence-corrected chi connectivity index (χ1v) is 10.5. The molecule has 0 bridgehead atoms. The van der Waals surface area contributed by atoms with Gasteiger partial charge in [-0.3, -0.25) is 9.59 Å². The van der Waals surface area contributed by atoms with Crippen LogP contribution in [0.3, 0.4) is 0 Å². The summed E-state index contributed by atoms with van der Waals surface area (Å²) in [4.78, 5) is 26.7. The van der Waals surface area contributed by atoms with E-state index in [0.717, 1.165) is 6.42 Å². The smallest absolute Gasteiger partial charge is 0.254 e. The van der Waals surface area contributed by atoms with E-state index < -0.39 is 9.84 Å². The standard InChI is InChI=1S/C18H26N2O4S/c1-4-13(3)19-17(21)14-7-6-8-15(11-14)18(22)20(5-2)16-9-10-25(23,24)12-16/h6-8,11,13,16H,4-5,9-10,12H2,1-3H3,(H,19,21). The monoisotopic (exact) mass is 366 g/mol. The van der Waals surface area contributed by atoms with E-state index in [1.807, 2.05) is 20.8 Å². The first-order chi connectivity index (χ1) is 11.8. The third-order valence-electron chi connectivity index (χ3n) is 4.61. The predicted molar refractivity (Wildman–Crippen MR) is 97.4 cm³/mol. The summed E-state index contributed by atoms with van der Waals surface area (Å²) in [6.07, 6.45) is 1.29. The van der Waals surface area contributed by atoms with Gasteiger partial charge in [-0.25, -0.2) is 8.42 Å². The van der Waals surface area contributed by atoms with Gasteiger partial charge in [0, 0.05) is 29.8 Å². The molecule has 0 aromatic heterocycles. The summed E-state index contributed by atoms with van der Waals surface area (Å²) in [7, 11) is -3.06. The van der Waals surface area contributed by atoms with E-state index in [-0.39, 0.29) is 35.4 Å². The number of carbonyl (C=O) groups excluding carboxylic acids is 2. The number of nitrogens with one attached hydrogen (secondary N) is 1. The molecule has 1 fully saturated rings. The lowest BCUT2D eigenvalue weighted by molar-refractivity contribution is 0.0708. The summed E-state index contributed by atoms with van der Waals surface area (Å²) >= 11 is 0. The molecule has 1 N–H and O–H groups in total. The largest absolute Gasteiger partial charge is 0.350 e. The van der Waals surface area contributed by atoms with Crippen molar-refractivity contribution in [3.05, 3.63) is 35.4 Å². The van der Waals surface area contributed by atoms with Crippen molar-refractivity contribution in [2.45, 2.75) is 45.7 Å². The van der Waals surface area contributed by atoms with Crippen LogP contribution in [0.25, 0.3) is 0 Å². The molecule has 1 aromatic carbocycles. The fraction of sp³-hybridized carbons (Fsp3) is 0.556. The van der Waals surface area contributed by atoms with Gasteiger partial charge in [0.2, 0.25) is 0 Å². The molecule has 2 atom stereocenters. The molecule has 25 heavy (non-hydrogen) atoms. The van der Waals surface area contributed by atoms with E-state index in [0.29, 0.717) is 24.1 Å². The molecule has 2 rings (SSSR count). The maximum atomic E-state index is 12.8. The summed E-state index contributed by atoms with van der Waals surface area (Å²) in [6.45, 7) is 6.18. The van der Waals surface area contributed by atoms with Crippen LogP contribution in [0.2, 0.25) is 0 Å². The number of amides is 2. The highest BCUT2D eigenvalue weighted by Gasteiger charge is 2.34. The van der Waals surface area contributed by atoms with Crippen molar-refractivity contribution in [3.63, 3.8) is 0 Å². The third kappa shape index (κ3) is 4.81. The fourth-order valence-corrected chi connectivity index (χ4v) is 4.69. The van der Waals surface area contributed by atoms with E-state index >= 15 is 0 Å². The van der Waals surface area contributed by atoms with Crippen molar-refractivity contribution < 1.29 is 18.0 Å². The van der Waals surface area contributed by atoms with Gasteiger partial charge >= 0.3 is 0 Å². The van der Waals surface area contributed by atoms with Gasteiger partial charge in [-0.2, -0.15) is 0 Å². The number of nitrogens with zero attached hydrogens (tertiary/aromatic N) is 1. The van der Waals surface area contributed by atoms with Crippen molar-refractivity contribution in [1.29, 1.82) is 0 Å². The quantitative estimate of drug-likeness (QED) is 0.833. The van der Waals surface area contributed by atoms with Crippen LogP contribution < -0.4 is 5.32 Å². The van der Waals surface area contributed by atoms with Crippen molar-refractivity contribution in [1.82, 2.24) is 10.2 Å². The first-order valence-electron chi connectivity index (χ1n) is 8.69. The molecule has 0 saturated carbocycles. The molecule has 0 aliphatic carbocycles. The second-order valence-electron chi connectivity index (χ2n) is 6.51. The van der Waals surface area contributed by atoms with Crippen LogP contribution in [-0.4, -0.2) is 55.3 Å². The molecule has 1 saturated heterocycles. The van der Waals surface area contributed by atoms with Crippen molar-refractivity contribution >= 4 is 21.7 Å². The van der Waals surface area contributed by atoms with E-state index in [1.165, 1.54) is 0 Å². The number of hydrogen-bond acceptors (Lipinski definition) is 4. The Morgan fingerprint density at radius 2 is 1.96 bits per heavy atom. The number of sulfone groups is 1. The summed E-state index contributed by atoms with van der Waals surface area (Å²) in [6, 6.07) is 6.35. The summed E-state index contributed by atoms with van der Waals surface area (Å²) < 4.78 is 23.4. The van der Waals surface area contributed by atoms with Gasteiger partial charge in [-0.05, 0) is 44.9 Å². The number of rotatable bonds is 6. The van der Waals surface area contributed by atoms with Crippen LogP contribution in [-0.2, 0) is 9.84 Å². The second kappa shape index (κ2) is 7.99. The lowest BCUT2D eigenvalue weighted by Gasteiger charge is -2.27. The van der Waals surface area contributed by atoms with Crippen molar-refractivity contribution in [2.24, 2.45) is 0 Å². The topological polar surface area (TPSA) is 83.6 Å². The van der Waals surface area contributed by atoms with Gasteiger partial charge in [0.05, 0.1) is 11.5 Å². The minimum atomic E-state index is -3.06. The van der Waals surface area contributed by atoms with E-state index in [4.69, 9.17) is 0 Å². The molecule has 138 valence electrons. The van der Waals surface area contributed by atoms with Gasteiger partial charge in [0.15, 0.2) is 9.84 Å². The first kappa shape index (κ1) is 19.4. The predicted octanol–water partition coefficient (Wildman–Crippen LogP) is 1.86. The highest BCUT2D eigenvalue weighted by molar-refractivity contribution is 7.91. The summed E-state index contributed by atoms with van der Waals surface area (Å²) in [5.74, 6) is -0.308. The minimum Gasteiger partial charge on any atom is -0.350 e. The van der Waals surface area contributed by atoms with Crippen molar-refractivity contribution in [3.8, 4) is 0 Å². The van der Waals surface area contributed by atoms with Gasteiger partial charge in [0.1, 0.15) is 0 Å². The molecule has 1 aliphatic rings. The Morgan fingerprint density at radius 1 is 1.28 bits per heavy atom. The third-order valence-corrected chi connectivity index (χ3v) is 6.36. The van der Waals surface area contributed by atoms with Gasteiger partial charge in [0.25, 0.3) is 11.8 Å². The average Bonchev–Trinajstić information content (AvgIpc) is 2.95. The molecule has 1 aliphatic heterocycles. The van der Waals surface area contributed by atoms with Gasteiger partial charge < -0.3 is 10.2 Å². The van der Waals surface area contributed by atoms with Crippen molar-refractivity contribution in [2.75, 3.05) is 18.1 Å². The van der Waals surface area contributed by atoms with Gasteiger partial charge in [-0.15, -0.1) is 0 Å². The Kier molecular flexibility index (Phi) is 6.21. The van der Waals surface area contributed by atoms with E-state index in [2.05, 4.69) is 5.32 Å². The summed E-state index contributed by atoms with van der Waals surface area (Å²) in [5.41, 5.74) is 0.837. The lowest BCUT2D eigenvalue weighted by Crippen LogP contribution is -2.41. The Hall–Kier alpha value is -1.89. The van der Waals surface area contributed by atoms with E-state index in [9.17, 15) is 18.0 Å². The Morgan fingerprint density at radius 3 is 2.52 bits per heavy atom. The average molecular weight is 366 g/mol. The summed E-state index contributed by atoms with van der Waals surface area (Å²) in [5, 5.41) is 2.88. The van der Waals surface area contributed by atoms with Crippen LogP contribution in [0, 0.1) is 0 Å². The number of hydrogen-bond donors (Lipinski definition) is 1. The molecule has 1 heterocycles. The molecule has 1 aromatic rings. The second-order valence-corrected chi connectivity index (χ2v) is 8.74. The fourth-order valence-electron chi connectivity index (χ4n) is 2.96. The number of carbonyl (C=O) groups is 2.